The second-order valence-corrected chi connectivity index (χ2v) is 6.28. The molecule has 0 aromatic heterocycles. The Bertz CT molecular complexity index is 457. The molecule has 0 saturated carbocycles. The predicted molar refractivity (Wildman–Crippen MR) is 79.8 cm³/mol. The first-order valence-electron chi connectivity index (χ1n) is 7.60. The molecule has 0 aliphatic carbocycles. The lowest BCUT2D eigenvalue weighted by Gasteiger charge is -2.46. The summed E-state index contributed by atoms with van der Waals surface area (Å²) in [6, 6.07) is 5.70. The molecule has 4 heteroatoms. The number of likely N-dealkylation sites (tertiary alicyclic amines) is 2. The summed E-state index contributed by atoms with van der Waals surface area (Å²) in [7, 11) is 2.24. The fourth-order valence-corrected chi connectivity index (χ4v) is 3.84. The number of piperidine rings is 2. The van der Waals surface area contributed by atoms with Gasteiger partial charge in [-0.15, -0.1) is 0 Å². The van der Waals surface area contributed by atoms with Gasteiger partial charge in [-0.3, -0.25) is 4.90 Å². The van der Waals surface area contributed by atoms with E-state index < -0.39 is 0 Å². The maximum atomic E-state index is 13.9. The normalized spacial score (nSPS) is 28.3. The molecule has 0 spiro atoms. The largest absolute Gasteiger partial charge is 0.398 e. The van der Waals surface area contributed by atoms with Crippen LogP contribution < -0.4 is 5.73 Å². The van der Waals surface area contributed by atoms with Crippen molar-refractivity contribution in [1.82, 2.24) is 9.80 Å². The first-order valence-corrected chi connectivity index (χ1v) is 7.60. The predicted octanol–water partition coefficient (Wildman–Crippen LogP) is 2.32. The third-order valence-electron chi connectivity index (χ3n) is 4.97. The smallest absolute Gasteiger partial charge is 0.129 e. The molecule has 3 nitrogen and oxygen atoms in total. The highest BCUT2D eigenvalue weighted by atomic mass is 19.1. The summed E-state index contributed by atoms with van der Waals surface area (Å²) in [6.45, 7) is 3.98. The van der Waals surface area contributed by atoms with E-state index in [1.54, 1.807) is 12.1 Å². The molecule has 0 bridgehead atoms. The van der Waals surface area contributed by atoms with Gasteiger partial charge in [-0.2, -0.15) is 0 Å². The average molecular weight is 277 g/mol. The molecular formula is C16H24FN3. The van der Waals surface area contributed by atoms with Gasteiger partial charge in [-0.25, -0.2) is 4.39 Å². The fraction of sp³-hybridized carbons (Fsp3) is 0.625. The van der Waals surface area contributed by atoms with Crippen molar-refractivity contribution in [3.05, 3.63) is 29.6 Å². The molecule has 2 unspecified atom stereocenters. The second-order valence-electron chi connectivity index (χ2n) is 6.28. The topological polar surface area (TPSA) is 32.5 Å². The molecule has 2 saturated heterocycles. The molecule has 2 aliphatic rings. The summed E-state index contributed by atoms with van der Waals surface area (Å²) in [5.41, 5.74) is 7.16. The van der Waals surface area contributed by atoms with Gasteiger partial charge in [0.1, 0.15) is 5.82 Å². The summed E-state index contributed by atoms with van der Waals surface area (Å²) in [5, 5.41) is 0. The van der Waals surface area contributed by atoms with Gasteiger partial charge >= 0.3 is 0 Å². The van der Waals surface area contributed by atoms with Crippen molar-refractivity contribution in [2.45, 2.75) is 31.8 Å². The standard InChI is InChI=1S/C16H24FN3/c1-19-8-3-4-12-10-20(9-7-16(12)19)11-13-14(17)5-2-6-15(13)18/h2,5-6,12,16H,3-4,7-11,18H2,1H3. The van der Waals surface area contributed by atoms with Crippen molar-refractivity contribution in [1.29, 1.82) is 0 Å². The lowest BCUT2D eigenvalue weighted by Crippen LogP contribution is -2.52. The van der Waals surface area contributed by atoms with Gasteiger partial charge < -0.3 is 10.6 Å². The zero-order chi connectivity index (χ0) is 14.1. The van der Waals surface area contributed by atoms with Crippen LogP contribution >= 0.6 is 0 Å². The van der Waals surface area contributed by atoms with E-state index in [0.717, 1.165) is 25.0 Å². The van der Waals surface area contributed by atoms with Gasteiger partial charge in [0.15, 0.2) is 0 Å². The summed E-state index contributed by atoms with van der Waals surface area (Å²) in [5.74, 6) is 0.559. The zero-order valence-corrected chi connectivity index (χ0v) is 12.2. The first-order chi connectivity index (χ1) is 9.65. The van der Waals surface area contributed by atoms with Crippen LogP contribution in [0.15, 0.2) is 18.2 Å². The van der Waals surface area contributed by atoms with Gasteiger partial charge in [-0.1, -0.05) is 6.07 Å². The number of rotatable bonds is 2. The molecule has 1 aromatic rings. The maximum absolute atomic E-state index is 13.9. The molecule has 1 aromatic carbocycles. The number of nitrogen functional groups attached to an aromatic ring is 1. The monoisotopic (exact) mass is 277 g/mol. The summed E-state index contributed by atoms with van der Waals surface area (Å²) < 4.78 is 13.9. The Kier molecular flexibility index (Phi) is 3.94. The Morgan fingerprint density at radius 2 is 2.15 bits per heavy atom. The number of benzene rings is 1. The SMILES string of the molecule is CN1CCCC2CN(Cc3c(N)cccc3F)CCC21. The van der Waals surface area contributed by atoms with Crippen LogP contribution in [0.5, 0.6) is 0 Å². The van der Waals surface area contributed by atoms with Crippen molar-refractivity contribution in [2.24, 2.45) is 5.92 Å². The van der Waals surface area contributed by atoms with E-state index in [9.17, 15) is 4.39 Å². The van der Waals surface area contributed by atoms with E-state index in [4.69, 9.17) is 5.73 Å². The Morgan fingerprint density at radius 1 is 1.30 bits per heavy atom. The quantitative estimate of drug-likeness (QED) is 0.842. The molecule has 0 radical (unpaired) electrons. The van der Waals surface area contributed by atoms with Crippen molar-refractivity contribution in [2.75, 3.05) is 32.4 Å². The van der Waals surface area contributed by atoms with Gasteiger partial charge in [0.2, 0.25) is 0 Å². The summed E-state index contributed by atoms with van der Waals surface area (Å²) in [6.07, 6.45) is 3.78. The van der Waals surface area contributed by atoms with E-state index in [-0.39, 0.29) is 5.82 Å². The average Bonchev–Trinajstić information content (AvgIpc) is 2.43. The Hall–Kier alpha value is -1.13. The highest BCUT2D eigenvalue weighted by Gasteiger charge is 2.34. The lowest BCUT2D eigenvalue weighted by molar-refractivity contribution is 0.0352. The number of anilines is 1. The highest BCUT2D eigenvalue weighted by Crippen LogP contribution is 2.30. The number of hydrogen-bond acceptors (Lipinski definition) is 3. The van der Waals surface area contributed by atoms with Crippen LogP contribution in [0, 0.1) is 11.7 Å². The molecule has 0 amide bonds. The van der Waals surface area contributed by atoms with Gasteiger partial charge in [0.05, 0.1) is 0 Å². The molecule has 2 N–H and O–H groups in total. The molecule has 3 rings (SSSR count). The van der Waals surface area contributed by atoms with Crippen molar-refractivity contribution >= 4 is 5.69 Å². The van der Waals surface area contributed by atoms with E-state index >= 15 is 0 Å². The van der Waals surface area contributed by atoms with Crippen LogP contribution in [0.4, 0.5) is 10.1 Å². The maximum Gasteiger partial charge on any atom is 0.129 e. The minimum atomic E-state index is -0.173. The van der Waals surface area contributed by atoms with Gasteiger partial charge in [0.25, 0.3) is 0 Å². The molecule has 110 valence electrons. The second kappa shape index (κ2) is 5.70. The van der Waals surface area contributed by atoms with Crippen molar-refractivity contribution in [3.8, 4) is 0 Å². The number of nitrogens with zero attached hydrogens (tertiary/aromatic N) is 2. The summed E-state index contributed by atoms with van der Waals surface area (Å²) in [4.78, 5) is 4.87. The van der Waals surface area contributed by atoms with Crippen LogP contribution in [-0.4, -0.2) is 42.5 Å². The van der Waals surface area contributed by atoms with Crippen LogP contribution in [0.25, 0.3) is 0 Å². The van der Waals surface area contributed by atoms with Crippen LogP contribution in [0.1, 0.15) is 24.8 Å². The lowest BCUT2D eigenvalue weighted by atomic mass is 9.84. The van der Waals surface area contributed by atoms with Gasteiger partial charge in [-0.05, 0) is 57.5 Å². The third kappa shape index (κ3) is 2.67. The van der Waals surface area contributed by atoms with E-state index in [2.05, 4.69) is 16.8 Å². The van der Waals surface area contributed by atoms with Crippen molar-refractivity contribution < 1.29 is 4.39 Å². The highest BCUT2D eigenvalue weighted by molar-refractivity contribution is 5.47. The Morgan fingerprint density at radius 3 is 2.95 bits per heavy atom. The molecule has 2 heterocycles. The molecule has 20 heavy (non-hydrogen) atoms. The van der Waals surface area contributed by atoms with Crippen molar-refractivity contribution in [3.63, 3.8) is 0 Å². The number of hydrogen-bond donors (Lipinski definition) is 1. The van der Waals surface area contributed by atoms with Crippen LogP contribution in [0.2, 0.25) is 0 Å². The third-order valence-corrected chi connectivity index (χ3v) is 4.97. The Balaban J connectivity index is 1.68. The van der Waals surface area contributed by atoms with E-state index in [1.807, 2.05) is 0 Å². The molecule has 2 fully saturated rings. The Labute approximate surface area is 120 Å². The van der Waals surface area contributed by atoms with E-state index in [0.29, 0.717) is 17.8 Å². The molecule has 2 atom stereocenters. The first kappa shape index (κ1) is 13.8. The number of halogens is 1. The van der Waals surface area contributed by atoms with Crippen LogP contribution in [-0.2, 0) is 6.54 Å². The molecular weight excluding hydrogens is 253 g/mol. The number of fused-ring (bicyclic) bond motifs is 1. The van der Waals surface area contributed by atoms with E-state index in [1.165, 1.54) is 31.9 Å². The summed E-state index contributed by atoms with van der Waals surface area (Å²) >= 11 is 0. The molecule has 2 aliphatic heterocycles. The fourth-order valence-electron chi connectivity index (χ4n) is 3.84. The van der Waals surface area contributed by atoms with Gasteiger partial charge in [0, 0.05) is 30.4 Å². The minimum absolute atomic E-state index is 0.173. The van der Waals surface area contributed by atoms with Crippen LogP contribution in [0.3, 0.4) is 0 Å². The number of nitrogens with two attached hydrogens (primary N) is 1. The zero-order valence-electron chi connectivity index (χ0n) is 12.2. The minimum Gasteiger partial charge on any atom is -0.398 e.